The number of nitrogens with zero attached hydrogens (tertiary/aromatic N) is 3. The highest BCUT2D eigenvalue weighted by molar-refractivity contribution is 5.65. The second-order valence-electron chi connectivity index (χ2n) is 9.65. The smallest absolute Gasteiger partial charge is 0.151 e. The summed E-state index contributed by atoms with van der Waals surface area (Å²) in [5.41, 5.74) is 7.29. The van der Waals surface area contributed by atoms with Gasteiger partial charge in [0.2, 0.25) is 0 Å². The van der Waals surface area contributed by atoms with Gasteiger partial charge in [0.25, 0.3) is 0 Å². The molecule has 1 unspecified atom stereocenters. The molecule has 1 saturated heterocycles. The molecule has 2 aromatic heterocycles. The van der Waals surface area contributed by atoms with Crippen LogP contribution in [0, 0.1) is 5.92 Å². The molecule has 2 N–H and O–H groups in total. The number of unbranched alkanes of at least 4 members (excludes halogenated alkanes) is 3. The van der Waals surface area contributed by atoms with Gasteiger partial charge < -0.3 is 24.7 Å². The van der Waals surface area contributed by atoms with E-state index in [0.29, 0.717) is 31.6 Å². The standard InChI is InChI=1S/C26H42N4O4/c1-4-7-14-31-17-21-23(32-15-8-5-2)24(33-16-9-6-3)26(34-21,19-10-11-19)22-13-12-20-25(27)28-18-29-30(20)22/h12-13,18-19,21,23-24H,4-11,14-17H2,1-3H3,(H2,27,28,29)/t21-,23-,24-,26?/m1/s1. The average Bonchev–Trinajstić information content (AvgIpc) is 3.53. The average molecular weight is 475 g/mol. The molecule has 2 fully saturated rings. The minimum Gasteiger partial charge on any atom is -0.382 e. The van der Waals surface area contributed by atoms with Crippen LogP contribution in [-0.2, 0) is 24.5 Å². The van der Waals surface area contributed by atoms with Crippen molar-refractivity contribution in [2.45, 2.75) is 96.1 Å². The third kappa shape index (κ3) is 5.10. The lowest BCUT2D eigenvalue weighted by atomic mass is 9.86. The highest BCUT2D eigenvalue weighted by Crippen LogP contribution is 2.56. The van der Waals surface area contributed by atoms with Gasteiger partial charge >= 0.3 is 0 Å². The fourth-order valence-electron chi connectivity index (χ4n) is 5.03. The van der Waals surface area contributed by atoms with Crippen molar-refractivity contribution >= 4 is 11.3 Å². The minimum atomic E-state index is -0.656. The Balaban J connectivity index is 1.72. The molecule has 1 aliphatic heterocycles. The van der Waals surface area contributed by atoms with Crippen LogP contribution in [0.3, 0.4) is 0 Å². The quantitative estimate of drug-likeness (QED) is 0.380. The lowest BCUT2D eigenvalue weighted by molar-refractivity contribution is -0.137. The fraction of sp³-hybridized carbons (Fsp3) is 0.769. The molecular weight excluding hydrogens is 432 g/mol. The number of fused-ring (bicyclic) bond motifs is 1. The van der Waals surface area contributed by atoms with E-state index in [1.165, 1.54) is 6.33 Å². The molecule has 0 spiro atoms. The summed E-state index contributed by atoms with van der Waals surface area (Å²) in [5.74, 6) is 0.801. The lowest BCUT2D eigenvalue weighted by Gasteiger charge is -2.35. The summed E-state index contributed by atoms with van der Waals surface area (Å²) < 4.78 is 28.2. The summed E-state index contributed by atoms with van der Waals surface area (Å²) in [6, 6.07) is 4.07. The van der Waals surface area contributed by atoms with E-state index in [1.807, 2.05) is 10.6 Å². The number of nitrogens with two attached hydrogens (primary N) is 1. The first-order valence-electron chi connectivity index (χ1n) is 13.2. The van der Waals surface area contributed by atoms with Crippen LogP contribution >= 0.6 is 0 Å². The molecule has 2 aliphatic rings. The Bertz CT molecular complexity index is 902. The fourth-order valence-corrected chi connectivity index (χ4v) is 5.03. The Morgan fingerprint density at radius 1 is 1.03 bits per heavy atom. The number of rotatable bonds is 15. The summed E-state index contributed by atoms with van der Waals surface area (Å²) in [5, 5.41) is 4.56. The summed E-state index contributed by atoms with van der Waals surface area (Å²) in [4.78, 5) is 4.18. The van der Waals surface area contributed by atoms with Crippen molar-refractivity contribution in [3.63, 3.8) is 0 Å². The molecule has 8 nitrogen and oxygen atoms in total. The van der Waals surface area contributed by atoms with Gasteiger partial charge in [0.05, 0.1) is 12.3 Å². The second-order valence-corrected chi connectivity index (χ2v) is 9.65. The van der Waals surface area contributed by atoms with Crippen LogP contribution in [-0.4, -0.2) is 59.3 Å². The Morgan fingerprint density at radius 3 is 2.44 bits per heavy atom. The van der Waals surface area contributed by atoms with Crippen LogP contribution < -0.4 is 5.73 Å². The van der Waals surface area contributed by atoms with Gasteiger partial charge in [-0.25, -0.2) is 9.50 Å². The molecule has 0 aromatic carbocycles. The summed E-state index contributed by atoms with van der Waals surface area (Å²) in [7, 11) is 0. The van der Waals surface area contributed by atoms with Gasteiger partial charge in [-0.3, -0.25) is 0 Å². The van der Waals surface area contributed by atoms with Crippen LogP contribution in [0.1, 0.15) is 77.8 Å². The van der Waals surface area contributed by atoms with Crippen molar-refractivity contribution in [2.75, 3.05) is 32.2 Å². The molecule has 1 saturated carbocycles. The van der Waals surface area contributed by atoms with Crippen LogP contribution in [0.2, 0.25) is 0 Å². The first-order chi connectivity index (χ1) is 16.7. The minimum absolute atomic E-state index is 0.199. The number of ether oxygens (including phenoxy) is 4. The zero-order chi connectivity index (χ0) is 24.0. The maximum atomic E-state index is 7.04. The van der Waals surface area contributed by atoms with Gasteiger partial charge in [0.15, 0.2) is 5.82 Å². The van der Waals surface area contributed by atoms with E-state index in [4.69, 9.17) is 24.7 Å². The molecule has 0 bridgehead atoms. The predicted octanol–water partition coefficient (Wildman–Crippen LogP) is 4.50. The number of hydrogen-bond donors (Lipinski definition) is 1. The SMILES string of the molecule is CCCCOC[C@H]1OC(c2ccc3c(N)ncnn23)(C2CC2)[C@H](OCCCC)[C@@H]1OCCCC. The topological polar surface area (TPSA) is 93.1 Å². The Hall–Kier alpha value is -1.74. The lowest BCUT2D eigenvalue weighted by Crippen LogP contribution is -2.47. The summed E-state index contributed by atoms with van der Waals surface area (Å²) in [6.45, 7) is 9.13. The summed E-state index contributed by atoms with van der Waals surface area (Å²) >= 11 is 0. The molecule has 2 aromatic rings. The van der Waals surface area contributed by atoms with Gasteiger partial charge in [-0.05, 0) is 50.2 Å². The molecule has 1 aliphatic carbocycles. The van der Waals surface area contributed by atoms with Crippen LogP contribution in [0.15, 0.2) is 18.5 Å². The first kappa shape index (κ1) is 25.4. The molecule has 34 heavy (non-hydrogen) atoms. The van der Waals surface area contributed by atoms with Crippen LogP contribution in [0.4, 0.5) is 5.82 Å². The molecule has 190 valence electrons. The molecule has 3 heterocycles. The molecule has 0 radical (unpaired) electrons. The molecule has 4 rings (SSSR count). The highest BCUT2D eigenvalue weighted by Gasteiger charge is 2.64. The number of hydrogen-bond acceptors (Lipinski definition) is 7. The molecule has 4 atom stereocenters. The monoisotopic (exact) mass is 474 g/mol. The third-order valence-corrected chi connectivity index (χ3v) is 7.03. The number of aromatic nitrogens is 3. The first-order valence-corrected chi connectivity index (χ1v) is 13.2. The van der Waals surface area contributed by atoms with E-state index in [-0.39, 0.29) is 18.3 Å². The van der Waals surface area contributed by atoms with E-state index >= 15 is 0 Å². The summed E-state index contributed by atoms with van der Waals surface area (Å²) in [6.07, 6.45) is 9.36. The number of nitrogen functional groups attached to an aromatic ring is 1. The van der Waals surface area contributed by atoms with Gasteiger partial charge in [0.1, 0.15) is 35.8 Å². The van der Waals surface area contributed by atoms with Gasteiger partial charge in [-0.15, -0.1) is 0 Å². The van der Waals surface area contributed by atoms with Crippen molar-refractivity contribution in [3.8, 4) is 0 Å². The van der Waals surface area contributed by atoms with Gasteiger partial charge in [-0.2, -0.15) is 5.10 Å². The maximum absolute atomic E-state index is 7.04. The largest absolute Gasteiger partial charge is 0.382 e. The normalized spacial score (nSPS) is 27.1. The maximum Gasteiger partial charge on any atom is 0.151 e. The van der Waals surface area contributed by atoms with Crippen LogP contribution in [0.5, 0.6) is 0 Å². The van der Waals surface area contributed by atoms with Crippen LogP contribution in [0.25, 0.3) is 5.52 Å². The van der Waals surface area contributed by atoms with Crippen molar-refractivity contribution < 1.29 is 18.9 Å². The number of anilines is 1. The third-order valence-electron chi connectivity index (χ3n) is 7.03. The van der Waals surface area contributed by atoms with E-state index in [2.05, 4.69) is 36.9 Å². The highest BCUT2D eigenvalue weighted by atomic mass is 16.6. The van der Waals surface area contributed by atoms with E-state index in [9.17, 15) is 0 Å². The van der Waals surface area contributed by atoms with E-state index in [1.54, 1.807) is 0 Å². The van der Waals surface area contributed by atoms with Gasteiger partial charge in [-0.1, -0.05) is 40.0 Å². The molecule has 8 heteroatoms. The zero-order valence-electron chi connectivity index (χ0n) is 21.1. The molecule has 0 amide bonds. The van der Waals surface area contributed by atoms with Crippen molar-refractivity contribution in [2.24, 2.45) is 5.92 Å². The van der Waals surface area contributed by atoms with Gasteiger partial charge in [0, 0.05) is 19.8 Å². The second kappa shape index (κ2) is 11.8. The van der Waals surface area contributed by atoms with E-state index in [0.717, 1.165) is 69.2 Å². The molecular formula is C26H42N4O4. The van der Waals surface area contributed by atoms with E-state index < -0.39 is 5.60 Å². The predicted molar refractivity (Wildman–Crippen MR) is 132 cm³/mol. The van der Waals surface area contributed by atoms with Crippen molar-refractivity contribution in [3.05, 3.63) is 24.2 Å². The zero-order valence-corrected chi connectivity index (χ0v) is 21.1. The van der Waals surface area contributed by atoms with Crippen molar-refractivity contribution in [1.82, 2.24) is 14.6 Å². The van der Waals surface area contributed by atoms with Crippen molar-refractivity contribution in [1.29, 1.82) is 0 Å². The Morgan fingerprint density at radius 2 is 1.74 bits per heavy atom. The Labute approximate surface area is 203 Å². The Kier molecular flexibility index (Phi) is 8.80.